The lowest BCUT2D eigenvalue weighted by atomic mass is 10.0. The highest BCUT2D eigenvalue weighted by Gasteiger charge is 2.18. The van der Waals surface area contributed by atoms with E-state index in [1.807, 2.05) is 13.8 Å². The molecular weight excluding hydrogens is 860 g/mol. The summed E-state index contributed by atoms with van der Waals surface area (Å²) in [6, 6.07) is 0. The number of hydroxylamine groups is 4. The molecule has 7 nitrogen and oxygen atoms in total. The predicted molar refractivity (Wildman–Crippen MR) is 300 cm³/mol. The van der Waals surface area contributed by atoms with E-state index in [1.165, 1.54) is 283 Å². The van der Waals surface area contributed by atoms with Crippen molar-refractivity contribution >= 4 is 8.25 Å². The zero-order chi connectivity index (χ0) is 49.5. The van der Waals surface area contributed by atoms with E-state index < -0.39 is 20.8 Å². The molecule has 0 heterocycles. The second-order valence-corrected chi connectivity index (χ2v) is 22.2. The van der Waals surface area contributed by atoms with Gasteiger partial charge >= 0.3 is 8.25 Å². The lowest BCUT2D eigenvalue weighted by Gasteiger charge is -2.27. The highest BCUT2D eigenvalue weighted by molar-refractivity contribution is 7.33. The Morgan fingerprint density at radius 2 is 0.412 bits per heavy atom. The first-order chi connectivity index (χ1) is 33.5. The van der Waals surface area contributed by atoms with Gasteiger partial charge < -0.3 is 0 Å². The molecule has 0 bridgehead atoms. The van der Waals surface area contributed by atoms with Gasteiger partial charge in [-0.25, -0.2) is 0 Å². The molecule has 68 heavy (non-hydrogen) atoms. The van der Waals surface area contributed by atoms with Gasteiger partial charge in [0, 0.05) is 26.2 Å². The molecular formula is C60H125N2O5P. The SMILES string of the molecule is CCCCCCCCCCCCCCN(CCCCCCCCCCCCCC)OC(C)O[PH](=O)OC(C)ON(CCCCCCCCCCCCCC)CCCCCCCCCCCCCC. The van der Waals surface area contributed by atoms with Gasteiger partial charge in [0.2, 0.25) is 0 Å². The van der Waals surface area contributed by atoms with Crippen LogP contribution in [0.4, 0.5) is 0 Å². The molecule has 0 amide bonds. The van der Waals surface area contributed by atoms with Gasteiger partial charge in [0.05, 0.1) is 0 Å². The highest BCUT2D eigenvalue weighted by atomic mass is 31.1. The predicted octanol–water partition coefficient (Wildman–Crippen LogP) is 21.4. The van der Waals surface area contributed by atoms with E-state index in [2.05, 4.69) is 37.8 Å². The molecule has 0 aliphatic carbocycles. The first-order valence-electron chi connectivity index (χ1n) is 31.2. The van der Waals surface area contributed by atoms with Crippen LogP contribution in [0.1, 0.15) is 350 Å². The normalized spacial score (nSPS) is 13.4. The van der Waals surface area contributed by atoms with Crippen molar-refractivity contribution in [3.63, 3.8) is 0 Å². The highest BCUT2D eigenvalue weighted by Crippen LogP contribution is 2.30. The number of hydrogen-bond acceptors (Lipinski definition) is 7. The fourth-order valence-corrected chi connectivity index (χ4v) is 10.4. The lowest BCUT2D eigenvalue weighted by molar-refractivity contribution is -0.262. The van der Waals surface area contributed by atoms with E-state index in [1.54, 1.807) is 0 Å². The smallest absolute Gasteiger partial charge is 0.279 e. The Hall–Kier alpha value is -0.0100. The van der Waals surface area contributed by atoms with Crippen LogP contribution in [0, 0.1) is 0 Å². The molecule has 0 aromatic carbocycles. The molecule has 0 saturated carbocycles. The second kappa shape index (κ2) is 57.9. The fourth-order valence-electron chi connectivity index (χ4n) is 9.71. The standard InChI is InChI=1S/C60H125N2O5P/c1-7-11-15-19-23-27-31-35-39-43-47-51-55-61(56-52-48-44-40-36-32-28-24-20-16-12-8-2)64-59(5)66-68(63)67-60(6)65-62(57-53-49-45-41-37-33-29-25-21-17-13-9-3)58-54-50-46-42-38-34-30-26-22-18-14-10-4/h59-60,68H,7-58H2,1-6H3. The molecule has 2 unspecified atom stereocenters. The average Bonchev–Trinajstić information content (AvgIpc) is 3.32. The van der Waals surface area contributed by atoms with Crippen molar-refractivity contribution in [2.45, 2.75) is 362 Å². The quantitative estimate of drug-likeness (QED) is 0.0260. The summed E-state index contributed by atoms with van der Waals surface area (Å²) in [7, 11) is -2.82. The number of nitrogens with zero attached hydrogens (tertiary/aromatic N) is 2. The van der Waals surface area contributed by atoms with Gasteiger partial charge in [-0.3, -0.25) is 23.3 Å². The molecule has 0 aliphatic heterocycles. The number of rotatable bonds is 60. The monoisotopic (exact) mass is 985 g/mol. The maximum atomic E-state index is 13.3. The molecule has 0 aliphatic rings. The topological polar surface area (TPSA) is 60.5 Å². The van der Waals surface area contributed by atoms with E-state index in [-0.39, 0.29) is 0 Å². The van der Waals surface area contributed by atoms with Crippen LogP contribution in [-0.2, 0) is 23.3 Å². The molecule has 0 saturated heterocycles. The van der Waals surface area contributed by atoms with Crippen LogP contribution in [0.25, 0.3) is 0 Å². The molecule has 0 aromatic heterocycles. The molecule has 8 heteroatoms. The third kappa shape index (κ3) is 53.8. The fraction of sp³-hybridized carbons (Fsp3) is 1.00. The van der Waals surface area contributed by atoms with Crippen LogP contribution in [0.15, 0.2) is 0 Å². The summed E-state index contributed by atoms with van der Waals surface area (Å²) >= 11 is 0. The van der Waals surface area contributed by atoms with Crippen LogP contribution < -0.4 is 0 Å². The van der Waals surface area contributed by atoms with E-state index in [9.17, 15) is 4.57 Å². The van der Waals surface area contributed by atoms with Crippen molar-refractivity contribution in [1.29, 1.82) is 0 Å². The molecule has 0 rings (SSSR count). The second-order valence-electron chi connectivity index (χ2n) is 21.2. The van der Waals surface area contributed by atoms with E-state index in [0.717, 1.165) is 51.9 Å². The van der Waals surface area contributed by atoms with Crippen LogP contribution in [0.2, 0.25) is 0 Å². The van der Waals surface area contributed by atoms with Gasteiger partial charge in [0.25, 0.3) is 0 Å². The molecule has 0 radical (unpaired) electrons. The minimum absolute atomic E-state index is 0.638. The Labute approximate surface area is 428 Å². The third-order valence-corrected chi connectivity index (χ3v) is 15.2. The van der Waals surface area contributed by atoms with Crippen molar-refractivity contribution in [3.05, 3.63) is 0 Å². The van der Waals surface area contributed by atoms with E-state index in [4.69, 9.17) is 18.7 Å². The Morgan fingerprint density at radius 3 is 0.574 bits per heavy atom. The van der Waals surface area contributed by atoms with Gasteiger partial charge in [-0.1, -0.05) is 310 Å². The minimum Gasteiger partial charge on any atom is -0.279 e. The summed E-state index contributed by atoms with van der Waals surface area (Å²) in [5, 5.41) is 4.19. The van der Waals surface area contributed by atoms with Crippen LogP contribution in [-0.4, -0.2) is 48.9 Å². The molecule has 410 valence electrons. The summed E-state index contributed by atoms with van der Waals surface area (Å²) in [4.78, 5) is 12.7. The van der Waals surface area contributed by atoms with Crippen LogP contribution >= 0.6 is 8.25 Å². The van der Waals surface area contributed by atoms with Crippen molar-refractivity contribution in [2.75, 3.05) is 26.2 Å². The maximum Gasteiger partial charge on any atom is 0.323 e. The third-order valence-electron chi connectivity index (χ3n) is 14.2. The van der Waals surface area contributed by atoms with E-state index in [0.29, 0.717) is 0 Å². The average molecular weight is 986 g/mol. The van der Waals surface area contributed by atoms with Gasteiger partial charge in [-0.15, -0.1) is 0 Å². The molecule has 0 aromatic rings. The zero-order valence-corrected chi connectivity index (χ0v) is 48.4. The van der Waals surface area contributed by atoms with Gasteiger partial charge in [-0.2, -0.15) is 10.1 Å². The lowest BCUT2D eigenvalue weighted by Crippen LogP contribution is -2.32. The Morgan fingerprint density at radius 1 is 0.265 bits per heavy atom. The summed E-state index contributed by atoms with van der Waals surface area (Å²) in [5.74, 6) is 0. The van der Waals surface area contributed by atoms with Crippen molar-refractivity contribution in [2.24, 2.45) is 0 Å². The Kier molecular flexibility index (Phi) is 57.9. The van der Waals surface area contributed by atoms with Gasteiger partial charge in [0.1, 0.15) is 0 Å². The molecule has 2 atom stereocenters. The number of hydrogen-bond donors (Lipinski definition) is 0. The summed E-state index contributed by atoms with van der Waals surface area (Å²) < 4.78 is 25.0. The molecule has 0 fully saturated rings. The molecule has 0 N–H and O–H groups in total. The minimum atomic E-state index is -2.82. The summed E-state index contributed by atoms with van der Waals surface area (Å²) in [6.45, 7) is 16.5. The molecule has 0 spiro atoms. The summed E-state index contributed by atoms with van der Waals surface area (Å²) in [5.41, 5.74) is 0. The first kappa shape index (κ1) is 68.0. The van der Waals surface area contributed by atoms with Crippen LogP contribution in [0.5, 0.6) is 0 Å². The van der Waals surface area contributed by atoms with Crippen molar-refractivity contribution in [3.8, 4) is 0 Å². The first-order valence-corrected chi connectivity index (χ1v) is 32.4. The van der Waals surface area contributed by atoms with Gasteiger partial charge in [0.15, 0.2) is 12.6 Å². The number of unbranched alkanes of at least 4 members (excludes halogenated alkanes) is 44. The van der Waals surface area contributed by atoms with Crippen molar-refractivity contribution in [1.82, 2.24) is 10.1 Å². The van der Waals surface area contributed by atoms with Crippen molar-refractivity contribution < 1.29 is 23.3 Å². The Bertz CT molecular complexity index is 833. The van der Waals surface area contributed by atoms with Gasteiger partial charge in [-0.05, 0) is 39.5 Å². The largest absolute Gasteiger partial charge is 0.323 e. The van der Waals surface area contributed by atoms with E-state index >= 15 is 0 Å². The summed E-state index contributed by atoms with van der Waals surface area (Å²) in [6.07, 6.45) is 63.1. The Balaban J connectivity index is 4.87. The maximum absolute atomic E-state index is 13.3. The zero-order valence-electron chi connectivity index (χ0n) is 47.4. The van der Waals surface area contributed by atoms with Crippen LogP contribution in [0.3, 0.4) is 0 Å².